The number of hydrogen-bond acceptors (Lipinski definition) is 3. The average Bonchev–Trinajstić information content (AvgIpc) is 2.27. The monoisotopic (exact) mass is 255 g/mol. The van der Waals surface area contributed by atoms with Gasteiger partial charge in [-0.1, -0.05) is 6.92 Å². The lowest BCUT2D eigenvalue weighted by Crippen LogP contribution is -2.53. The molecular formula is C14H29N3O. The quantitative estimate of drug-likeness (QED) is 0.797. The van der Waals surface area contributed by atoms with Crippen molar-refractivity contribution in [2.75, 3.05) is 19.6 Å². The number of rotatable bonds is 4. The summed E-state index contributed by atoms with van der Waals surface area (Å²) in [6.45, 7) is 13.6. The fourth-order valence-corrected chi connectivity index (χ4v) is 2.32. The van der Waals surface area contributed by atoms with E-state index < -0.39 is 0 Å². The average molecular weight is 255 g/mol. The van der Waals surface area contributed by atoms with E-state index in [1.807, 2.05) is 27.7 Å². The maximum atomic E-state index is 12.0. The number of carbonyl (C=O) groups is 1. The van der Waals surface area contributed by atoms with Crippen LogP contribution in [0.15, 0.2) is 0 Å². The van der Waals surface area contributed by atoms with Gasteiger partial charge in [0.25, 0.3) is 0 Å². The van der Waals surface area contributed by atoms with E-state index in [9.17, 15) is 4.79 Å². The molecule has 4 nitrogen and oxygen atoms in total. The molecule has 1 aliphatic heterocycles. The molecule has 0 spiro atoms. The van der Waals surface area contributed by atoms with Crippen LogP contribution in [0.5, 0.6) is 0 Å². The van der Waals surface area contributed by atoms with E-state index in [-0.39, 0.29) is 17.5 Å². The first-order chi connectivity index (χ1) is 8.31. The Morgan fingerprint density at radius 1 is 1.33 bits per heavy atom. The number of piperidine rings is 1. The summed E-state index contributed by atoms with van der Waals surface area (Å²) >= 11 is 0. The zero-order valence-electron chi connectivity index (χ0n) is 12.5. The van der Waals surface area contributed by atoms with Gasteiger partial charge in [0.1, 0.15) is 0 Å². The highest BCUT2D eigenvalue weighted by Gasteiger charge is 2.24. The van der Waals surface area contributed by atoms with Gasteiger partial charge in [-0.05, 0) is 60.2 Å². The van der Waals surface area contributed by atoms with Gasteiger partial charge in [0.2, 0.25) is 5.91 Å². The van der Waals surface area contributed by atoms with E-state index >= 15 is 0 Å². The number of likely N-dealkylation sites (tertiary alicyclic amines) is 1. The molecule has 0 bridgehead atoms. The van der Waals surface area contributed by atoms with E-state index in [1.165, 1.54) is 0 Å². The number of amides is 1. The minimum atomic E-state index is -0.154. The Kier molecular flexibility index (Phi) is 5.60. The van der Waals surface area contributed by atoms with Crippen molar-refractivity contribution in [3.8, 4) is 0 Å². The lowest BCUT2D eigenvalue weighted by atomic mass is 10.0. The molecule has 106 valence electrons. The second-order valence-corrected chi connectivity index (χ2v) is 6.34. The van der Waals surface area contributed by atoms with Crippen molar-refractivity contribution in [3.63, 3.8) is 0 Å². The van der Waals surface area contributed by atoms with Crippen molar-refractivity contribution >= 4 is 5.91 Å². The van der Waals surface area contributed by atoms with Crippen LogP contribution in [0.2, 0.25) is 0 Å². The second kappa shape index (κ2) is 6.53. The van der Waals surface area contributed by atoms with E-state index in [0.29, 0.717) is 6.04 Å². The fourth-order valence-electron chi connectivity index (χ4n) is 2.32. The first kappa shape index (κ1) is 15.4. The molecule has 1 aliphatic rings. The van der Waals surface area contributed by atoms with Gasteiger partial charge in [0.05, 0.1) is 6.04 Å². The number of nitrogens with zero attached hydrogens (tertiary/aromatic N) is 1. The van der Waals surface area contributed by atoms with Gasteiger partial charge >= 0.3 is 0 Å². The third-order valence-electron chi connectivity index (χ3n) is 3.41. The Morgan fingerprint density at radius 3 is 2.33 bits per heavy atom. The molecule has 4 heteroatoms. The van der Waals surface area contributed by atoms with Gasteiger partial charge in [-0.25, -0.2) is 0 Å². The molecule has 0 aromatic carbocycles. The molecule has 1 unspecified atom stereocenters. The van der Waals surface area contributed by atoms with Gasteiger partial charge in [-0.15, -0.1) is 0 Å². The predicted molar refractivity (Wildman–Crippen MR) is 75.6 cm³/mol. The zero-order valence-corrected chi connectivity index (χ0v) is 12.5. The lowest BCUT2D eigenvalue weighted by Gasteiger charge is -2.33. The second-order valence-electron chi connectivity index (χ2n) is 6.34. The van der Waals surface area contributed by atoms with Crippen LogP contribution in [0.3, 0.4) is 0 Å². The van der Waals surface area contributed by atoms with Crippen molar-refractivity contribution in [2.24, 2.45) is 0 Å². The Labute approximate surface area is 111 Å². The summed E-state index contributed by atoms with van der Waals surface area (Å²) in [6.07, 6.45) is 2.28. The molecule has 0 aromatic rings. The SMILES string of the molecule is CCN1CCC(NC(C)C(=O)NC(C)(C)C)CC1. The number of hydrogen-bond donors (Lipinski definition) is 2. The number of carbonyl (C=O) groups excluding carboxylic acids is 1. The van der Waals surface area contributed by atoms with Crippen LogP contribution in [-0.2, 0) is 4.79 Å². The van der Waals surface area contributed by atoms with Gasteiger partial charge in [0.15, 0.2) is 0 Å². The van der Waals surface area contributed by atoms with E-state index in [2.05, 4.69) is 22.5 Å². The third kappa shape index (κ3) is 5.36. The minimum Gasteiger partial charge on any atom is -0.350 e. The maximum Gasteiger partial charge on any atom is 0.237 e. The molecule has 1 saturated heterocycles. The highest BCUT2D eigenvalue weighted by Crippen LogP contribution is 2.10. The maximum absolute atomic E-state index is 12.0. The van der Waals surface area contributed by atoms with Crippen molar-refractivity contribution in [1.82, 2.24) is 15.5 Å². The molecule has 2 N–H and O–H groups in total. The highest BCUT2D eigenvalue weighted by atomic mass is 16.2. The fraction of sp³-hybridized carbons (Fsp3) is 0.929. The normalized spacial score (nSPS) is 20.7. The summed E-state index contributed by atoms with van der Waals surface area (Å²) in [5.41, 5.74) is -0.154. The largest absolute Gasteiger partial charge is 0.350 e. The van der Waals surface area contributed by atoms with Gasteiger partial charge in [-0.3, -0.25) is 4.79 Å². The summed E-state index contributed by atoms with van der Waals surface area (Å²) in [5.74, 6) is 0.0976. The highest BCUT2D eigenvalue weighted by molar-refractivity contribution is 5.81. The van der Waals surface area contributed by atoms with E-state index in [1.54, 1.807) is 0 Å². The predicted octanol–water partition coefficient (Wildman–Crippen LogP) is 1.36. The van der Waals surface area contributed by atoms with Crippen LogP contribution in [0.4, 0.5) is 0 Å². The standard InChI is InChI=1S/C14H29N3O/c1-6-17-9-7-12(8-10-17)15-11(2)13(18)16-14(3,4)5/h11-12,15H,6-10H2,1-5H3,(H,16,18). The van der Waals surface area contributed by atoms with Crippen LogP contribution in [0.25, 0.3) is 0 Å². The Morgan fingerprint density at radius 2 is 1.89 bits per heavy atom. The molecule has 1 fully saturated rings. The van der Waals surface area contributed by atoms with Gasteiger partial charge < -0.3 is 15.5 Å². The van der Waals surface area contributed by atoms with Crippen LogP contribution in [-0.4, -0.2) is 48.1 Å². The molecule has 1 heterocycles. The lowest BCUT2D eigenvalue weighted by molar-refractivity contribution is -0.124. The summed E-state index contributed by atoms with van der Waals surface area (Å²) in [4.78, 5) is 14.4. The van der Waals surface area contributed by atoms with Crippen LogP contribution in [0, 0.1) is 0 Å². The molecular weight excluding hydrogens is 226 g/mol. The van der Waals surface area contributed by atoms with Crippen molar-refractivity contribution in [1.29, 1.82) is 0 Å². The summed E-state index contributed by atoms with van der Waals surface area (Å²) < 4.78 is 0. The molecule has 1 rings (SSSR count). The third-order valence-corrected chi connectivity index (χ3v) is 3.41. The number of nitrogens with one attached hydrogen (secondary N) is 2. The summed E-state index contributed by atoms with van der Waals surface area (Å²) in [5, 5.41) is 6.46. The first-order valence-corrected chi connectivity index (χ1v) is 7.12. The zero-order chi connectivity index (χ0) is 13.8. The molecule has 0 saturated carbocycles. The van der Waals surface area contributed by atoms with Crippen LogP contribution in [0.1, 0.15) is 47.5 Å². The van der Waals surface area contributed by atoms with Crippen molar-refractivity contribution in [3.05, 3.63) is 0 Å². The topological polar surface area (TPSA) is 44.4 Å². The van der Waals surface area contributed by atoms with Crippen molar-refractivity contribution < 1.29 is 4.79 Å². The Bertz CT molecular complexity index is 265. The molecule has 18 heavy (non-hydrogen) atoms. The molecule has 1 amide bonds. The van der Waals surface area contributed by atoms with Crippen LogP contribution < -0.4 is 10.6 Å². The molecule has 1 atom stereocenters. The van der Waals surface area contributed by atoms with E-state index in [4.69, 9.17) is 0 Å². The Balaban J connectivity index is 2.32. The van der Waals surface area contributed by atoms with Gasteiger partial charge in [-0.2, -0.15) is 0 Å². The molecule has 0 aromatic heterocycles. The van der Waals surface area contributed by atoms with Crippen molar-refractivity contribution in [2.45, 2.75) is 65.1 Å². The smallest absolute Gasteiger partial charge is 0.237 e. The van der Waals surface area contributed by atoms with Gasteiger partial charge in [0, 0.05) is 11.6 Å². The van der Waals surface area contributed by atoms with Crippen LogP contribution >= 0.6 is 0 Å². The minimum absolute atomic E-state index is 0.0976. The summed E-state index contributed by atoms with van der Waals surface area (Å²) in [7, 11) is 0. The first-order valence-electron chi connectivity index (χ1n) is 7.12. The van der Waals surface area contributed by atoms with E-state index in [0.717, 1.165) is 32.5 Å². The molecule has 0 radical (unpaired) electrons. The molecule has 0 aliphatic carbocycles. The summed E-state index contributed by atoms with van der Waals surface area (Å²) in [6, 6.07) is 0.371. The Hall–Kier alpha value is -0.610.